The molecule has 0 radical (unpaired) electrons. The van der Waals surface area contributed by atoms with Crippen LogP contribution in [0.3, 0.4) is 0 Å². The number of rotatable bonds is 3. The van der Waals surface area contributed by atoms with E-state index in [9.17, 15) is 10.2 Å². The molecule has 4 nitrogen and oxygen atoms in total. The van der Waals surface area contributed by atoms with Crippen LogP contribution in [0.4, 0.5) is 0 Å². The minimum absolute atomic E-state index is 0.122. The number of hydrogen-bond acceptors (Lipinski definition) is 4. The summed E-state index contributed by atoms with van der Waals surface area (Å²) >= 11 is 0. The fourth-order valence-electron chi connectivity index (χ4n) is 3.92. The van der Waals surface area contributed by atoms with Crippen LogP contribution in [-0.4, -0.2) is 61.3 Å². The van der Waals surface area contributed by atoms with Crippen molar-refractivity contribution in [1.82, 2.24) is 9.80 Å². The molecule has 2 N–H and O–H groups in total. The van der Waals surface area contributed by atoms with Gasteiger partial charge < -0.3 is 10.2 Å². The lowest BCUT2D eigenvalue weighted by molar-refractivity contribution is 0.464. The highest BCUT2D eigenvalue weighted by molar-refractivity contribution is 6.09. The van der Waals surface area contributed by atoms with Gasteiger partial charge in [-0.3, -0.25) is 9.80 Å². The third-order valence-corrected chi connectivity index (χ3v) is 5.50. The van der Waals surface area contributed by atoms with Crippen molar-refractivity contribution in [3.63, 3.8) is 0 Å². The molecule has 0 heterocycles. The molecule has 0 aliphatic rings. The van der Waals surface area contributed by atoms with Crippen LogP contribution in [0.15, 0.2) is 60.7 Å². The number of nitrogens with zero attached hydrogens (tertiary/aromatic N) is 2. The van der Waals surface area contributed by atoms with Crippen molar-refractivity contribution in [2.45, 2.75) is 0 Å². The zero-order valence-electron chi connectivity index (χ0n) is 20.0. The molecule has 0 bridgehead atoms. The lowest BCUT2D eigenvalue weighted by Gasteiger charge is -2.14. The average Bonchev–Trinajstić information content (AvgIpc) is 2.79. The third kappa shape index (κ3) is 5.00. The van der Waals surface area contributed by atoms with Crippen molar-refractivity contribution in [3.05, 3.63) is 71.8 Å². The summed E-state index contributed by atoms with van der Waals surface area (Å²) in [6, 6.07) is 19.0. The molecule has 0 aliphatic carbocycles. The van der Waals surface area contributed by atoms with Crippen molar-refractivity contribution in [1.29, 1.82) is 0 Å². The highest BCUT2D eigenvalue weighted by Crippen LogP contribution is 2.44. The molecule has 4 aromatic rings. The van der Waals surface area contributed by atoms with Crippen molar-refractivity contribution >= 4 is 21.5 Å². The molecule has 0 fully saturated rings. The maximum absolute atomic E-state index is 10.9. The standard InChI is InChI=1S/C30H28N2O2/c1-31(2)17-5-7-21-9-13-25-23(19-21)11-15-27(33)29(25)30-26-14-10-22(8-6-18-32(3)4)20-24(26)12-16-28(30)34/h9-16,19-20,33-34H,17-18H2,1-4H3. The van der Waals surface area contributed by atoms with Gasteiger partial charge in [0, 0.05) is 22.3 Å². The largest absolute Gasteiger partial charge is 0.507 e. The highest BCUT2D eigenvalue weighted by atomic mass is 16.3. The molecule has 170 valence electrons. The second-order valence-corrected chi connectivity index (χ2v) is 8.87. The van der Waals surface area contributed by atoms with Crippen LogP contribution in [0.25, 0.3) is 32.7 Å². The zero-order valence-corrected chi connectivity index (χ0v) is 20.0. The second kappa shape index (κ2) is 9.89. The van der Waals surface area contributed by atoms with E-state index in [2.05, 4.69) is 23.7 Å². The van der Waals surface area contributed by atoms with Gasteiger partial charge in [0.25, 0.3) is 0 Å². The first-order chi connectivity index (χ1) is 16.3. The lowest BCUT2D eigenvalue weighted by atomic mass is 9.91. The summed E-state index contributed by atoms with van der Waals surface area (Å²) in [5.74, 6) is 12.9. The van der Waals surface area contributed by atoms with E-state index in [1.807, 2.05) is 86.5 Å². The minimum Gasteiger partial charge on any atom is -0.507 e. The van der Waals surface area contributed by atoms with Crippen molar-refractivity contribution in [2.24, 2.45) is 0 Å². The van der Waals surface area contributed by atoms with E-state index in [-0.39, 0.29) is 11.5 Å². The molecule has 0 atom stereocenters. The predicted molar refractivity (Wildman–Crippen MR) is 141 cm³/mol. The Hall–Kier alpha value is -3.96. The molecule has 4 aromatic carbocycles. The van der Waals surface area contributed by atoms with Crippen LogP contribution in [0.1, 0.15) is 11.1 Å². The molecule has 0 saturated heterocycles. The van der Waals surface area contributed by atoms with Gasteiger partial charge in [0.15, 0.2) is 0 Å². The summed E-state index contributed by atoms with van der Waals surface area (Å²) in [6.07, 6.45) is 0. The van der Waals surface area contributed by atoms with Crippen LogP contribution < -0.4 is 0 Å². The normalized spacial score (nSPS) is 10.9. The Kier molecular flexibility index (Phi) is 6.75. The van der Waals surface area contributed by atoms with Crippen LogP contribution in [-0.2, 0) is 0 Å². The van der Waals surface area contributed by atoms with E-state index in [1.54, 1.807) is 12.1 Å². The van der Waals surface area contributed by atoms with Crippen molar-refractivity contribution in [3.8, 4) is 46.3 Å². The van der Waals surface area contributed by atoms with Gasteiger partial charge in [-0.05, 0) is 86.1 Å². The predicted octanol–water partition coefficient (Wildman–Crippen LogP) is 4.90. The van der Waals surface area contributed by atoms with Gasteiger partial charge in [-0.1, -0.05) is 47.9 Å². The minimum atomic E-state index is 0.122. The SMILES string of the molecule is CN(C)CC#Cc1ccc2c(-c3c(O)ccc4cc(C#CCN(C)C)ccc34)c(O)ccc2c1. The fourth-order valence-corrected chi connectivity index (χ4v) is 3.92. The summed E-state index contributed by atoms with van der Waals surface area (Å²) in [5, 5.41) is 25.4. The Morgan fingerprint density at radius 2 is 1.00 bits per heavy atom. The first-order valence-corrected chi connectivity index (χ1v) is 11.1. The third-order valence-electron chi connectivity index (χ3n) is 5.50. The maximum atomic E-state index is 10.9. The van der Waals surface area contributed by atoms with E-state index >= 15 is 0 Å². The number of fused-ring (bicyclic) bond motifs is 2. The molecular formula is C30H28N2O2. The smallest absolute Gasteiger partial charge is 0.124 e. The van der Waals surface area contributed by atoms with Crippen molar-refractivity contribution in [2.75, 3.05) is 41.3 Å². The number of benzene rings is 4. The first kappa shape index (κ1) is 23.2. The molecule has 0 saturated carbocycles. The van der Waals surface area contributed by atoms with Gasteiger partial charge in [-0.25, -0.2) is 0 Å². The Labute approximate surface area is 201 Å². The van der Waals surface area contributed by atoms with Gasteiger partial charge in [-0.2, -0.15) is 0 Å². The van der Waals surface area contributed by atoms with Gasteiger partial charge in [-0.15, -0.1) is 0 Å². The van der Waals surface area contributed by atoms with Gasteiger partial charge in [0.05, 0.1) is 13.1 Å². The molecule has 0 amide bonds. The first-order valence-electron chi connectivity index (χ1n) is 11.1. The summed E-state index contributed by atoms with van der Waals surface area (Å²) in [7, 11) is 7.94. The summed E-state index contributed by atoms with van der Waals surface area (Å²) in [4.78, 5) is 4.04. The Morgan fingerprint density at radius 1 is 0.588 bits per heavy atom. The average molecular weight is 449 g/mol. The topological polar surface area (TPSA) is 46.9 Å². The molecule has 0 spiro atoms. The van der Waals surface area contributed by atoms with E-state index in [1.165, 1.54) is 0 Å². The molecule has 0 aromatic heterocycles. The van der Waals surface area contributed by atoms with Gasteiger partial charge >= 0.3 is 0 Å². The van der Waals surface area contributed by atoms with E-state index in [0.717, 1.165) is 32.7 Å². The molecular weight excluding hydrogens is 420 g/mol. The maximum Gasteiger partial charge on any atom is 0.124 e. The monoisotopic (exact) mass is 448 g/mol. The van der Waals surface area contributed by atoms with E-state index in [4.69, 9.17) is 0 Å². The van der Waals surface area contributed by atoms with Crippen molar-refractivity contribution < 1.29 is 10.2 Å². The van der Waals surface area contributed by atoms with E-state index in [0.29, 0.717) is 24.2 Å². The quantitative estimate of drug-likeness (QED) is 0.438. The number of phenolic OH excluding ortho intramolecular Hbond substituents is 2. The molecule has 0 unspecified atom stereocenters. The lowest BCUT2D eigenvalue weighted by Crippen LogP contribution is -2.10. The summed E-state index contributed by atoms with van der Waals surface area (Å²) in [5.41, 5.74) is 3.04. The molecule has 4 heteroatoms. The second-order valence-electron chi connectivity index (χ2n) is 8.87. The van der Waals surface area contributed by atoms with E-state index < -0.39 is 0 Å². The zero-order chi connectivity index (χ0) is 24.2. The Bertz CT molecular complexity index is 1380. The molecule has 0 aliphatic heterocycles. The summed E-state index contributed by atoms with van der Waals surface area (Å²) in [6.45, 7) is 1.37. The van der Waals surface area contributed by atoms with Crippen LogP contribution in [0.5, 0.6) is 11.5 Å². The van der Waals surface area contributed by atoms with Gasteiger partial charge in [0.2, 0.25) is 0 Å². The molecule has 4 rings (SSSR count). The number of hydrogen-bond donors (Lipinski definition) is 2. The Balaban J connectivity index is 1.85. The highest BCUT2D eigenvalue weighted by Gasteiger charge is 2.17. The fraction of sp³-hybridized carbons (Fsp3) is 0.200. The summed E-state index contributed by atoms with van der Waals surface area (Å²) < 4.78 is 0. The van der Waals surface area contributed by atoms with Crippen LogP contribution in [0.2, 0.25) is 0 Å². The van der Waals surface area contributed by atoms with Crippen LogP contribution >= 0.6 is 0 Å². The van der Waals surface area contributed by atoms with Gasteiger partial charge in [0.1, 0.15) is 11.5 Å². The van der Waals surface area contributed by atoms with Crippen LogP contribution in [0, 0.1) is 23.7 Å². The Morgan fingerprint density at radius 3 is 1.38 bits per heavy atom. The number of phenols is 2. The molecule has 34 heavy (non-hydrogen) atoms. The number of aromatic hydroxyl groups is 2.